The van der Waals surface area contributed by atoms with Crippen LogP contribution in [-0.2, 0) is 5.41 Å². The van der Waals surface area contributed by atoms with E-state index in [2.05, 4.69) is 217 Å². The lowest BCUT2D eigenvalue weighted by atomic mass is 9.70. The van der Waals surface area contributed by atoms with Crippen LogP contribution in [0.3, 0.4) is 0 Å². The van der Waals surface area contributed by atoms with Crippen LogP contribution in [-0.4, -0.2) is 0 Å². The van der Waals surface area contributed by atoms with Gasteiger partial charge in [-0.15, -0.1) is 11.3 Å². The summed E-state index contributed by atoms with van der Waals surface area (Å²) >= 11 is 1.88. The monoisotopic (exact) mass is 741 g/mol. The van der Waals surface area contributed by atoms with Crippen molar-refractivity contribution in [2.24, 2.45) is 0 Å². The Hall–Kier alpha value is -7.00. The molecule has 2 aliphatic carbocycles. The maximum Gasteiger partial charge on any atom is 0.0725 e. The lowest BCUT2D eigenvalue weighted by Crippen LogP contribution is -2.25. The summed E-state index contributed by atoms with van der Waals surface area (Å²) in [5, 5.41) is 2.57. The molecule has 0 amide bonds. The molecular formula is C55H35NS. The van der Waals surface area contributed by atoms with Crippen LogP contribution in [0.25, 0.3) is 64.7 Å². The van der Waals surface area contributed by atoms with Gasteiger partial charge in [-0.1, -0.05) is 164 Å². The minimum absolute atomic E-state index is 0.395. The molecule has 2 aliphatic rings. The van der Waals surface area contributed by atoms with Gasteiger partial charge >= 0.3 is 0 Å². The first-order valence-electron chi connectivity index (χ1n) is 19.7. The third-order valence-electron chi connectivity index (χ3n) is 12.3. The predicted molar refractivity (Wildman–Crippen MR) is 241 cm³/mol. The van der Waals surface area contributed by atoms with E-state index in [1.165, 1.54) is 92.6 Å². The number of rotatable bonds is 5. The minimum Gasteiger partial charge on any atom is -0.309 e. The molecule has 1 heterocycles. The second-order valence-electron chi connectivity index (χ2n) is 15.2. The van der Waals surface area contributed by atoms with Crippen LogP contribution in [0.2, 0.25) is 0 Å². The molecule has 9 aromatic carbocycles. The van der Waals surface area contributed by atoms with E-state index >= 15 is 0 Å². The minimum atomic E-state index is -0.395. The zero-order valence-electron chi connectivity index (χ0n) is 31.1. The molecule has 266 valence electrons. The van der Waals surface area contributed by atoms with Crippen molar-refractivity contribution in [2.45, 2.75) is 5.41 Å². The summed E-state index contributed by atoms with van der Waals surface area (Å²) in [5.74, 6) is 0. The number of thiophene rings is 1. The van der Waals surface area contributed by atoms with Crippen molar-refractivity contribution in [3.05, 3.63) is 235 Å². The number of nitrogens with zero attached hydrogens (tertiary/aromatic N) is 1. The highest BCUT2D eigenvalue weighted by atomic mass is 32.1. The second kappa shape index (κ2) is 12.5. The molecule has 0 unspecified atom stereocenters. The summed E-state index contributed by atoms with van der Waals surface area (Å²) in [7, 11) is 0. The SMILES string of the molecule is c1ccc(-c2ccc(N(c3ccccc3)c3cc(-c4ccc5c(c4)C4(c6ccccc6-c6ccccc64)c4ccccc4-5)cc4c3sc3ccccc34)cc2)cc1. The normalized spacial score (nSPS) is 13.1. The third kappa shape index (κ3) is 4.68. The third-order valence-corrected chi connectivity index (χ3v) is 13.5. The maximum absolute atomic E-state index is 2.51. The van der Waals surface area contributed by atoms with Crippen LogP contribution < -0.4 is 4.90 Å². The van der Waals surface area contributed by atoms with E-state index < -0.39 is 5.41 Å². The number of hydrogen-bond donors (Lipinski definition) is 0. The highest BCUT2D eigenvalue weighted by molar-refractivity contribution is 7.26. The van der Waals surface area contributed by atoms with Gasteiger partial charge in [-0.25, -0.2) is 0 Å². The lowest BCUT2D eigenvalue weighted by Gasteiger charge is -2.31. The molecule has 0 atom stereocenters. The molecular weight excluding hydrogens is 707 g/mol. The number of fused-ring (bicyclic) bond motifs is 13. The summed E-state index contributed by atoms with van der Waals surface area (Å²) in [5.41, 5.74) is 18.6. The van der Waals surface area contributed by atoms with Gasteiger partial charge in [0.05, 0.1) is 15.8 Å². The Morgan fingerprint density at radius 2 is 0.842 bits per heavy atom. The highest BCUT2D eigenvalue weighted by Crippen LogP contribution is 2.63. The molecule has 2 heteroatoms. The first kappa shape index (κ1) is 32.3. The number of anilines is 3. The molecule has 0 saturated carbocycles. The van der Waals surface area contributed by atoms with Gasteiger partial charge in [-0.05, 0) is 115 Å². The Morgan fingerprint density at radius 1 is 0.333 bits per heavy atom. The summed E-state index contributed by atoms with van der Waals surface area (Å²) in [6.07, 6.45) is 0. The van der Waals surface area contributed by atoms with Gasteiger partial charge in [-0.2, -0.15) is 0 Å². The van der Waals surface area contributed by atoms with E-state index in [0.29, 0.717) is 0 Å². The number of para-hydroxylation sites is 1. The molecule has 1 aromatic heterocycles. The van der Waals surface area contributed by atoms with Crippen LogP contribution in [0.4, 0.5) is 17.1 Å². The Bertz CT molecular complexity index is 3110. The highest BCUT2D eigenvalue weighted by Gasteiger charge is 2.51. The van der Waals surface area contributed by atoms with Crippen molar-refractivity contribution < 1.29 is 0 Å². The van der Waals surface area contributed by atoms with Crippen molar-refractivity contribution in [3.63, 3.8) is 0 Å². The van der Waals surface area contributed by atoms with E-state index in [1.807, 2.05) is 11.3 Å². The zero-order valence-corrected chi connectivity index (χ0v) is 31.9. The number of hydrogen-bond acceptors (Lipinski definition) is 2. The fourth-order valence-electron chi connectivity index (χ4n) is 9.85. The fourth-order valence-corrected chi connectivity index (χ4v) is 11.0. The number of benzene rings is 9. The Kier molecular flexibility index (Phi) is 7.08. The van der Waals surface area contributed by atoms with Crippen LogP contribution in [0.15, 0.2) is 212 Å². The zero-order chi connectivity index (χ0) is 37.5. The van der Waals surface area contributed by atoms with Gasteiger partial charge in [0, 0.05) is 26.8 Å². The quantitative estimate of drug-likeness (QED) is 0.170. The Balaban J connectivity index is 1.11. The van der Waals surface area contributed by atoms with Crippen molar-refractivity contribution in [3.8, 4) is 44.5 Å². The summed E-state index contributed by atoms with van der Waals surface area (Å²) in [6.45, 7) is 0. The molecule has 0 N–H and O–H groups in total. The average molecular weight is 742 g/mol. The van der Waals surface area contributed by atoms with Crippen molar-refractivity contribution >= 4 is 48.6 Å². The first-order chi connectivity index (χ1) is 28.3. The molecule has 0 bridgehead atoms. The largest absolute Gasteiger partial charge is 0.309 e. The molecule has 1 nitrogen and oxygen atoms in total. The van der Waals surface area contributed by atoms with Crippen molar-refractivity contribution in [1.29, 1.82) is 0 Å². The van der Waals surface area contributed by atoms with Crippen LogP contribution in [0, 0.1) is 0 Å². The van der Waals surface area contributed by atoms with Crippen LogP contribution >= 0.6 is 11.3 Å². The van der Waals surface area contributed by atoms with Gasteiger partial charge in [-0.3, -0.25) is 0 Å². The molecule has 0 radical (unpaired) electrons. The molecule has 10 aromatic rings. The second-order valence-corrected chi connectivity index (χ2v) is 16.3. The standard InChI is InChI=1S/C55H35NS/c1-3-15-36(16-4-1)37-27-30-41(31-28-37)56(40-17-5-2-6-18-40)52-35-39(33-47-46-22-10-14-26-53(46)57-54(47)52)38-29-32-45-44-21-9-13-25-50(44)55(51(45)34-38)48-23-11-7-19-42(48)43-20-8-12-24-49(43)55/h1-35H. The average Bonchev–Trinajstić information content (AvgIpc) is 3.91. The molecule has 57 heavy (non-hydrogen) atoms. The van der Waals surface area contributed by atoms with Crippen molar-refractivity contribution in [2.75, 3.05) is 4.90 Å². The fraction of sp³-hybridized carbons (Fsp3) is 0.0182. The molecule has 1 spiro atoms. The van der Waals surface area contributed by atoms with Gasteiger partial charge in [0.1, 0.15) is 0 Å². The predicted octanol–water partition coefficient (Wildman–Crippen LogP) is 15.2. The smallest absolute Gasteiger partial charge is 0.0725 e. The summed E-state index contributed by atoms with van der Waals surface area (Å²) < 4.78 is 2.57. The maximum atomic E-state index is 2.51. The molecule has 0 aliphatic heterocycles. The van der Waals surface area contributed by atoms with Gasteiger partial charge in [0.2, 0.25) is 0 Å². The van der Waals surface area contributed by atoms with E-state index in [1.54, 1.807) is 0 Å². The first-order valence-corrected chi connectivity index (χ1v) is 20.5. The van der Waals surface area contributed by atoms with Crippen LogP contribution in [0.1, 0.15) is 22.3 Å². The summed E-state index contributed by atoms with van der Waals surface area (Å²) in [6, 6.07) is 78.7. The molecule has 0 fully saturated rings. The van der Waals surface area contributed by atoms with E-state index in [4.69, 9.17) is 0 Å². The Morgan fingerprint density at radius 3 is 1.51 bits per heavy atom. The van der Waals surface area contributed by atoms with Gasteiger partial charge in [0.25, 0.3) is 0 Å². The lowest BCUT2D eigenvalue weighted by molar-refractivity contribution is 0.794. The summed E-state index contributed by atoms with van der Waals surface area (Å²) in [4.78, 5) is 2.45. The van der Waals surface area contributed by atoms with E-state index in [0.717, 1.165) is 11.4 Å². The van der Waals surface area contributed by atoms with E-state index in [-0.39, 0.29) is 0 Å². The van der Waals surface area contributed by atoms with Crippen molar-refractivity contribution in [1.82, 2.24) is 0 Å². The van der Waals surface area contributed by atoms with Crippen LogP contribution in [0.5, 0.6) is 0 Å². The van der Waals surface area contributed by atoms with E-state index in [9.17, 15) is 0 Å². The molecule has 0 saturated heterocycles. The van der Waals surface area contributed by atoms with Gasteiger partial charge in [0.15, 0.2) is 0 Å². The topological polar surface area (TPSA) is 3.24 Å². The van der Waals surface area contributed by atoms with Gasteiger partial charge < -0.3 is 4.90 Å². The Labute approximate surface area is 336 Å². The molecule has 12 rings (SSSR count).